The van der Waals surface area contributed by atoms with Crippen LogP contribution in [0.2, 0.25) is 0 Å². The molecule has 0 fully saturated rings. The summed E-state index contributed by atoms with van der Waals surface area (Å²) in [4.78, 5) is 17.7. The SMILES string of the molecule is CCC(C)C(=O)N(C)Cc1cn(C)cn1. The summed E-state index contributed by atoms with van der Waals surface area (Å²) >= 11 is 0. The second-order valence-corrected chi connectivity index (χ2v) is 4.03. The maximum atomic E-state index is 11.8. The molecule has 0 radical (unpaired) electrons. The summed E-state index contributed by atoms with van der Waals surface area (Å²) < 4.78 is 1.89. The molecule has 4 heteroatoms. The minimum atomic E-state index is 0.0960. The Balaban J connectivity index is 2.55. The van der Waals surface area contributed by atoms with Gasteiger partial charge in [0, 0.05) is 26.2 Å². The number of carbonyl (C=O) groups excluding carboxylic acids is 1. The van der Waals surface area contributed by atoms with Gasteiger partial charge in [-0.25, -0.2) is 4.98 Å². The van der Waals surface area contributed by atoms with E-state index in [2.05, 4.69) is 4.98 Å². The number of hydrogen-bond acceptors (Lipinski definition) is 2. The molecule has 4 nitrogen and oxygen atoms in total. The zero-order valence-corrected chi connectivity index (χ0v) is 9.90. The number of amides is 1. The second-order valence-electron chi connectivity index (χ2n) is 4.03. The van der Waals surface area contributed by atoms with Gasteiger partial charge in [0.15, 0.2) is 0 Å². The van der Waals surface area contributed by atoms with Crippen LogP contribution in [-0.2, 0) is 18.4 Å². The Bertz CT molecular complexity index is 332. The van der Waals surface area contributed by atoms with E-state index in [1.54, 1.807) is 11.2 Å². The van der Waals surface area contributed by atoms with Crippen LogP contribution in [0.4, 0.5) is 0 Å². The monoisotopic (exact) mass is 209 g/mol. The van der Waals surface area contributed by atoms with Gasteiger partial charge in [0.05, 0.1) is 18.6 Å². The summed E-state index contributed by atoms with van der Waals surface area (Å²) in [6.07, 6.45) is 4.56. The predicted octanol–water partition coefficient (Wildman–Crippen LogP) is 1.42. The first-order valence-electron chi connectivity index (χ1n) is 5.26. The van der Waals surface area contributed by atoms with Gasteiger partial charge in [0.25, 0.3) is 0 Å². The van der Waals surface area contributed by atoms with Gasteiger partial charge < -0.3 is 9.47 Å². The fourth-order valence-corrected chi connectivity index (χ4v) is 1.42. The summed E-state index contributed by atoms with van der Waals surface area (Å²) in [5, 5.41) is 0. The molecule has 15 heavy (non-hydrogen) atoms. The Morgan fingerprint density at radius 3 is 2.80 bits per heavy atom. The molecule has 0 aliphatic carbocycles. The van der Waals surface area contributed by atoms with Crippen LogP contribution in [0.25, 0.3) is 0 Å². The highest BCUT2D eigenvalue weighted by Gasteiger charge is 2.16. The standard InChI is InChI=1S/C11H19N3O/c1-5-9(2)11(15)14(4)7-10-6-13(3)8-12-10/h6,8-9H,5,7H2,1-4H3. The first-order chi connectivity index (χ1) is 7.04. The molecule has 0 N–H and O–H groups in total. The molecule has 84 valence electrons. The van der Waals surface area contributed by atoms with Gasteiger partial charge in [-0.15, -0.1) is 0 Å². The van der Waals surface area contributed by atoms with Crippen LogP contribution in [0.3, 0.4) is 0 Å². The number of aryl methyl sites for hydroxylation is 1. The molecule has 0 aromatic carbocycles. The third kappa shape index (κ3) is 3.08. The van der Waals surface area contributed by atoms with E-state index in [1.165, 1.54) is 0 Å². The highest BCUT2D eigenvalue weighted by molar-refractivity contribution is 5.78. The van der Waals surface area contributed by atoms with Crippen molar-refractivity contribution in [2.75, 3.05) is 7.05 Å². The van der Waals surface area contributed by atoms with Crippen LogP contribution in [0.1, 0.15) is 26.0 Å². The lowest BCUT2D eigenvalue weighted by Gasteiger charge is -2.19. The number of aromatic nitrogens is 2. The van der Waals surface area contributed by atoms with Crippen molar-refractivity contribution < 1.29 is 4.79 Å². The zero-order chi connectivity index (χ0) is 11.4. The molecule has 0 saturated carbocycles. The lowest BCUT2D eigenvalue weighted by Crippen LogP contribution is -2.31. The van der Waals surface area contributed by atoms with Crippen molar-refractivity contribution >= 4 is 5.91 Å². The molecule has 1 aromatic rings. The molecule has 1 atom stereocenters. The van der Waals surface area contributed by atoms with Gasteiger partial charge in [-0.1, -0.05) is 13.8 Å². The molecular formula is C11H19N3O. The molecule has 0 saturated heterocycles. The molecule has 1 rings (SSSR count). The van der Waals surface area contributed by atoms with Gasteiger partial charge in [0.1, 0.15) is 0 Å². The summed E-state index contributed by atoms with van der Waals surface area (Å²) in [6.45, 7) is 4.57. The minimum Gasteiger partial charge on any atom is -0.340 e. The third-order valence-corrected chi connectivity index (χ3v) is 2.57. The fourth-order valence-electron chi connectivity index (χ4n) is 1.42. The average Bonchev–Trinajstić information content (AvgIpc) is 2.61. The van der Waals surface area contributed by atoms with E-state index in [-0.39, 0.29) is 11.8 Å². The largest absolute Gasteiger partial charge is 0.340 e. The molecule has 1 heterocycles. The summed E-state index contributed by atoms with van der Waals surface area (Å²) in [7, 11) is 3.75. The summed E-state index contributed by atoms with van der Waals surface area (Å²) in [5.41, 5.74) is 0.927. The molecule has 0 aliphatic heterocycles. The average molecular weight is 209 g/mol. The van der Waals surface area contributed by atoms with E-state index in [4.69, 9.17) is 0 Å². The Hall–Kier alpha value is -1.32. The number of carbonyl (C=O) groups is 1. The van der Waals surface area contributed by atoms with Crippen LogP contribution < -0.4 is 0 Å². The van der Waals surface area contributed by atoms with Crippen molar-refractivity contribution in [3.05, 3.63) is 18.2 Å². The first kappa shape index (κ1) is 11.8. The van der Waals surface area contributed by atoms with Crippen molar-refractivity contribution in [3.8, 4) is 0 Å². The van der Waals surface area contributed by atoms with Gasteiger partial charge in [-0.3, -0.25) is 4.79 Å². The molecule has 1 unspecified atom stereocenters. The number of hydrogen-bond donors (Lipinski definition) is 0. The van der Waals surface area contributed by atoms with Crippen LogP contribution >= 0.6 is 0 Å². The van der Waals surface area contributed by atoms with Crippen LogP contribution in [0.5, 0.6) is 0 Å². The van der Waals surface area contributed by atoms with E-state index in [0.29, 0.717) is 6.54 Å². The van der Waals surface area contributed by atoms with Gasteiger partial charge >= 0.3 is 0 Å². The molecule has 0 aliphatic rings. The Kier molecular flexibility index (Phi) is 3.88. The van der Waals surface area contributed by atoms with Gasteiger partial charge in [0.2, 0.25) is 5.91 Å². The maximum Gasteiger partial charge on any atom is 0.225 e. The van der Waals surface area contributed by atoms with Crippen molar-refractivity contribution in [2.45, 2.75) is 26.8 Å². The van der Waals surface area contributed by atoms with Crippen molar-refractivity contribution in [2.24, 2.45) is 13.0 Å². The van der Waals surface area contributed by atoms with E-state index in [9.17, 15) is 4.79 Å². The van der Waals surface area contributed by atoms with Gasteiger partial charge in [-0.05, 0) is 6.42 Å². The summed E-state index contributed by atoms with van der Waals surface area (Å²) in [6, 6.07) is 0. The molecular weight excluding hydrogens is 190 g/mol. The van der Waals surface area contributed by atoms with Crippen LogP contribution in [0, 0.1) is 5.92 Å². The highest BCUT2D eigenvalue weighted by Crippen LogP contribution is 2.08. The van der Waals surface area contributed by atoms with E-state index in [1.807, 2.05) is 38.7 Å². The number of rotatable bonds is 4. The molecule has 1 aromatic heterocycles. The predicted molar refractivity (Wildman–Crippen MR) is 59.1 cm³/mol. The normalized spacial score (nSPS) is 12.5. The zero-order valence-electron chi connectivity index (χ0n) is 9.90. The smallest absolute Gasteiger partial charge is 0.225 e. The quantitative estimate of drug-likeness (QED) is 0.752. The number of imidazole rings is 1. The van der Waals surface area contributed by atoms with Crippen molar-refractivity contribution in [1.29, 1.82) is 0 Å². The van der Waals surface area contributed by atoms with Crippen LogP contribution in [0.15, 0.2) is 12.5 Å². The number of nitrogens with zero attached hydrogens (tertiary/aromatic N) is 3. The second kappa shape index (κ2) is 4.96. The van der Waals surface area contributed by atoms with E-state index < -0.39 is 0 Å². The van der Waals surface area contributed by atoms with Crippen molar-refractivity contribution in [1.82, 2.24) is 14.5 Å². The molecule has 1 amide bonds. The Labute approximate surface area is 90.9 Å². The van der Waals surface area contributed by atoms with E-state index >= 15 is 0 Å². The third-order valence-electron chi connectivity index (χ3n) is 2.57. The maximum absolute atomic E-state index is 11.8. The van der Waals surface area contributed by atoms with Crippen LogP contribution in [-0.4, -0.2) is 27.4 Å². The van der Waals surface area contributed by atoms with Crippen molar-refractivity contribution in [3.63, 3.8) is 0 Å². The molecule has 0 spiro atoms. The molecule has 0 bridgehead atoms. The Morgan fingerprint density at radius 1 is 1.67 bits per heavy atom. The van der Waals surface area contributed by atoms with Gasteiger partial charge in [-0.2, -0.15) is 0 Å². The fraction of sp³-hybridized carbons (Fsp3) is 0.636. The first-order valence-corrected chi connectivity index (χ1v) is 5.26. The summed E-state index contributed by atoms with van der Waals surface area (Å²) in [5.74, 6) is 0.280. The highest BCUT2D eigenvalue weighted by atomic mass is 16.2. The minimum absolute atomic E-state index is 0.0960. The lowest BCUT2D eigenvalue weighted by atomic mass is 10.1. The Morgan fingerprint density at radius 2 is 2.33 bits per heavy atom. The topological polar surface area (TPSA) is 38.1 Å². The van der Waals surface area contributed by atoms with E-state index in [0.717, 1.165) is 12.1 Å². The lowest BCUT2D eigenvalue weighted by molar-refractivity contribution is -0.134.